The van der Waals surface area contributed by atoms with Gasteiger partial charge in [-0.05, 0) is 29.9 Å². The second-order valence-electron chi connectivity index (χ2n) is 7.98. The van der Waals surface area contributed by atoms with Crippen LogP contribution in [-0.2, 0) is 0 Å². The van der Waals surface area contributed by atoms with E-state index in [-0.39, 0.29) is 11.0 Å². The van der Waals surface area contributed by atoms with Crippen LogP contribution in [0.2, 0.25) is 0 Å². The van der Waals surface area contributed by atoms with E-state index < -0.39 is 0 Å². The summed E-state index contributed by atoms with van der Waals surface area (Å²) < 4.78 is 2.42. The average Bonchev–Trinajstić information content (AvgIpc) is 2.53. The lowest BCUT2D eigenvalue weighted by Gasteiger charge is -2.33. The number of rotatable bonds is 8. The van der Waals surface area contributed by atoms with E-state index in [9.17, 15) is 0 Å². The number of nitrogens with zero attached hydrogens (tertiary/aromatic N) is 1. The Labute approximate surface area is 151 Å². The maximum atomic E-state index is 4.24. The standard InChI is InChI=1S/C23H40N/c1-12-18(5)21(14-3)23(10,15-4)24(11)19(6)16-17-20(13-2)22(7,8)9/h12-13,16-17,21H,1,5,14-15H2,2-4,6-11H3/q+1. The Bertz CT molecular complexity index is 537. The SMILES string of the molecule is C=CC(=C)C(CC)C(C)(CC)[N+](C)=C(C)C=CC(=CC)C(C)(C)C. The second kappa shape index (κ2) is 9.20. The van der Waals surface area contributed by atoms with Crippen LogP contribution in [0.25, 0.3) is 0 Å². The van der Waals surface area contributed by atoms with Crippen molar-refractivity contribution in [3.05, 3.63) is 48.6 Å². The summed E-state index contributed by atoms with van der Waals surface area (Å²) in [5, 5.41) is 0. The van der Waals surface area contributed by atoms with Gasteiger partial charge in [0.2, 0.25) is 0 Å². The average molecular weight is 331 g/mol. The molecule has 0 N–H and O–H groups in total. The van der Waals surface area contributed by atoms with Gasteiger partial charge in [-0.15, -0.1) is 0 Å². The number of hydrogen-bond acceptors (Lipinski definition) is 0. The van der Waals surface area contributed by atoms with E-state index in [2.05, 4.69) is 98.4 Å². The third kappa shape index (κ3) is 5.33. The predicted octanol–water partition coefficient (Wildman–Crippen LogP) is 6.58. The summed E-state index contributed by atoms with van der Waals surface area (Å²) in [5.74, 6) is 0.400. The first-order valence-corrected chi connectivity index (χ1v) is 9.22. The summed E-state index contributed by atoms with van der Waals surface area (Å²) in [6.07, 6.45) is 10.8. The van der Waals surface area contributed by atoms with Crippen LogP contribution in [0.4, 0.5) is 0 Å². The maximum Gasteiger partial charge on any atom is 0.173 e. The van der Waals surface area contributed by atoms with Crippen molar-refractivity contribution in [3.63, 3.8) is 0 Å². The van der Waals surface area contributed by atoms with Crippen LogP contribution >= 0.6 is 0 Å². The second-order valence-corrected chi connectivity index (χ2v) is 7.98. The highest BCUT2D eigenvalue weighted by molar-refractivity contribution is 5.89. The first-order chi connectivity index (χ1) is 11.0. The van der Waals surface area contributed by atoms with E-state index in [1.165, 1.54) is 11.3 Å². The molecule has 0 aromatic carbocycles. The normalized spacial score (nSPS) is 18.1. The molecule has 0 fully saturated rings. The molecule has 0 bridgehead atoms. The molecule has 0 spiro atoms. The number of allylic oxidation sites excluding steroid dienone is 5. The van der Waals surface area contributed by atoms with Crippen LogP contribution in [0, 0.1) is 11.3 Å². The van der Waals surface area contributed by atoms with Gasteiger partial charge in [0.1, 0.15) is 7.05 Å². The highest BCUT2D eigenvalue weighted by atomic mass is 15.1. The zero-order valence-corrected chi connectivity index (χ0v) is 17.7. The highest BCUT2D eigenvalue weighted by Gasteiger charge is 2.41. The van der Waals surface area contributed by atoms with E-state index >= 15 is 0 Å². The molecular weight excluding hydrogens is 290 g/mol. The molecule has 0 rings (SSSR count). The fraction of sp³-hybridized carbons (Fsp3) is 0.609. The minimum atomic E-state index is 0.0340. The molecule has 0 radical (unpaired) electrons. The largest absolute Gasteiger partial charge is 0.231 e. The van der Waals surface area contributed by atoms with Crippen molar-refractivity contribution < 1.29 is 4.58 Å². The van der Waals surface area contributed by atoms with Gasteiger partial charge in [-0.25, -0.2) is 4.58 Å². The topological polar surface area (TPSA) is 3.01 Å². The minimum Gasteiger partial charge on any atom is -0.231 e. The van der Waals surface area contributed by atoms with Gasteiger partial charge in [0, 0.05) is 32.3 Å². The lowest BCUT2D eigenvalue weighted by Crippen LogP contribution is -2.46. The van der Waals surface area contributed by atoms with Crippen molar-refractivity contribution >= 4 is 5.71 Å². The molecule has 136 valence electrons. The smallest absolute Gasteiger partial charge is 0.173 e. The van der Waals surface area contributed by atoms with Crippen LogP contribution in [0.5, 0.6) is 0 Å². The Morgan fingerprint density at radius 3 is 2.00 bits per heavy atom. The molecule has 0 heterocycles. The van der Waals surface area contributed by atoms with E-state index in [0.29, 0.717) is 5.92 Å². The zero-order chi connectivity index (χ0) is 19.1. The third-order valence-electron chi connectivity index (χ3n) is 5.56. The molecule has 0 aliphatic carbocycles. The summed E-state index contributed by atoms with van der Waals surface area (Å²) >= 11 is 0. The molecule has 0 aliphatic heterocycles. The van der Waals surface area contributed by atoms with Crippen molar-refractivity contribution in [2.75, 3.05) is 7.05 Å². The Kier molecular flexibility index (Phi) is 8.68. The molecule has 0 saturated carbocycles. The molecule has 0 saturated heterocycles. The fourth-order valence-corrected chi connectivity index (χ4v) is 3.47. The Hall–Kier alpha value is -1.37. The lowest BCUT2D eigenvalue weighted by molar-refractivity contribution is -0.588. The van der Waals surface area contributed by atoms with Gasteiger partial charge >= 0.3 is 0 Å². The van der Waals surface area contributed by atoms with Crippen LogP contribution < -0.4 is 0 Å². The molecule has 1 nitrogen and oxygen atoms in total. The van der Waals surface area contributed by atoms with Gasteiger partial charge < -0.3 is 0 Å². The monoisotopic (exact) mass is 330 g/mol. The highest BCUT2D eigenvalue weighted by Crippen LogP contribution is 2.33. The lowest BCUT2D eigenvalue weighted by atomic mass is 9.76. The van der Waals surface area contributed by atoms with Crippen molar-refractivity contribution in [2.24, 2.45) is 11.3 Å². The third-order valence-corrected chi connectivity index (χ3v) is 5.56. The maximum absolute atomic E-state index is 4.24. The molecule has 2 atom stereocenters. The van der Waals surface area contributed by atoms with Crippen molar-refractivity contribution in [3.8, 4) is 0 Å². The van der Waals surface area contributed by atoms with Gasteiger partial charge in [0.15, 0.2) is 11.3 Å². The van der Waals surface area contributed by atoms with E-state index in [1.807, 2.05) is 6.08 Å². The van der Waals surface area contributed by atoms with Gasteiger partial charge in [-0.3, -0.25) is 0 Å². The summed E-state index contributed by atoms with van der Waals surface area (Å²) in [4.78, 5) is 0. The fourth-order valence-electron chi connectivity index (χ4n) is 3.47. The van der Waals surface area contributed by atoms with Crippen LogP contribution in [0.3, 0.4) is 0 Å². The van der Waals surface area contributed by atoms with Gasteiger partial charge in [-0.2, -0.15) is 0 Å². The first-order valence-electron chi connectivity index (χ1n) is 9.22. The van der Waals surface area contributed by atoms with Crippen molar-refractivity contribution in [1.29, 1.82) is 0 Å². The molecule has 0 aliphatic rings. The molecule has 2 unspecified atom stereocenters. The molecular formula is C23H40N+. The molecule has 0 amide bonds. The van der Waals surface area contributed by atoms with Crippen molar-refractivity contribution in [2.45, 2.75) is 73.8 Å². The van der Waals surface area contributed by atoms with Crippen molar-refractivity contribution in [1.82, 2.24) is 0 Å². The number of hydrogen-bond donors (Lipinski definition) is 0. The van der Waals surface area contributed by atoms with Crippen LogP contribution in [0.1, 0.15) is 68.2 Å². The van der Waals surface area contributed by atoms with Crippen LogP contribution in [0.15, 0.2) is 48.6 Å². The summed E-state index contributed by atoms with van der Waals surface area (Å²) in [6.45, 7) is 26.1. The van der Waals surface area contributed by atoms with E-state index in [1.54, 1.807) is 0 Å². The van der Waals surface area contributed by atoms with Gasteiger partial charge in [0.05, 0.1) is 0 Å². The van der Waals surface area contributed by atoms with Gasteiger partial charge in [-0.1, -0.05) is 66.0 Å². The predicted molar refractivity (Wildman–Crippen MR) is 111 cm³/mol. The minimum absolute atomic E-state index is 0.0340. The zero-order valence-electron chi connectivity index (χ0n) is 17.7. The first kappa shape index (κ1) is 22.6. The van der Waals surface area contributed by atoms with E-state index in [0.717, 1.165) is 18.4 Å². The quantitative estimate of drug-likeness (QED) is 0.269. The summed E-state index contributed by atoms with van der Waals surface area (Å²) in [6, 6.07) is 0. The van der Waals surface area contributed by atoms with E-state index in [4.69, 9.17) is 0 Å². The Morgan fingerprint density at radius 2 is 1.67 bits per heavy atom. The van der Waals surface area contributed by atoms with Gasteiger partial charge in [0.25, 0.3) is 0 Å². The summed E-state index contributed by atoms with van der Waals surface area (Å²) in [7, 11) is 2.20. The molecule has 24 heavy (non-hydrogen) atoms. The Balaban J connectivity index is 5.88. The summed E-state index contributed by atoms with van der Waals surface area (Å²) in [5.41, 5.74) is 3.97. The Morgan fingerprint density at radius 1 is 1.12 bits per heavy atom. The molecule has 0 aromatic rings. The molecule has 0 aromatic heterocycles. The molecule has 1 heteroatoms. The van der Waals surface area contributed by atoms with Crippen LogP contribution in [-0.4, -0.2) is 22.9 Å².